The molecule has 0 radical (unpaired) electrons. The SMILES string of the molecule is Cc1ccc(OCC(=O)NC(C)c2nnc3ccccn23)c(C)c1. The van der Waals surface area contributed by atoms with Crippen molar-refractivity contribution >= 4 is 11.6 Å². The number of aryl methyl sites for hydroxylation is 2. The minimum Gasteiger partial charge on any atom is -0.484 e. The fourth-order valence-corrected chi connectivity index (χ4v) is 2.61. The lowest BCUT2D eigenvalue weighted by atomic mass is 10.1. The van der Waals surface area contributed by atoms with E-state index in [9.17, 15) is 4.79 Å². The van der Waals surface area contributed by atoms with E-state index in [4.69, 9.17) is 4.74 Å². The zero-order chi connectivity index (χ0) is 17.1. The molecule has 3 aromatic rings. The predicted octanol–water partition coefficient (Wildman–Crippen LogP) is 2.60. The first kappa shape index (κ1) is 16.0. The van der Waals surface area contributed by atoms with E-state index >= 15 is 0 Å². The third-order valence-electron chi connectivity index (χ3n) is 3.79. The second kappa shape index (κ2) is 6.70. The van der Waals surface area contributed by atoms with Crippen LogP contribution in [0.2, 0.25) is 0 Å². The summed E-state index contributed by atoms with van der Waals surface area (Å²) in [7, 11) is 0. The van der Waals surface area contributed by atoms with Crippen molar-refractivity contribution in [3.8, 4) is 5.75 Å². The molecule has 0 spiro atoms. The predicted molar refractivity (Wildman–Crippen MR) is 91.0 cm³/mol. The van der Waals surface area contributed by atoms with Gasteiger partial charge in [0.05, 0.1) is 6.04 Å². The Hall–Kier alpha value is -2.89. The zero-order valence-electron chi connectivity index (χ0n) is 14.0. The van der Waals surface area contributed by atoms with E-state index in [1.54, 1.807) is 0 Å². The fraction of sp³-hybridized carbons (Fsp3) is 0.278. The van der Waals surface area contributed by atoms with Gasteiger partial charge in [-0.15, -0.1) is 10.2 Å². The molecule has 0 aliphatic carbocycles. The highest BCUT2D eigenvalue weighted by molar-refractivity contribution is 5.78. The molecule has 0 aliphatic rings. The van der Waals surface area contributed by atoms with Crippen LogP contribution in [-0.2, 0) is 4.79 Å². The Labute approximate surface area is 140 Å². The van der Waals surface area contributed by atoms with Crippen LogP contribution in [0.25, 0.3) is 5.65 Å². The number of carbonyl (C=O) groups is 1. The number of aromatic nitrogens is 3. The number of amides is 1. The first-order valence-electron chi connectivity index (χ1n) is 7.83. The zero-order valence-corrected chi connectivity index (χ0v) is 14.0. The van der Waals surface area contributed by atoms with Crippen LogP contribution in [0.5, 0.6) is 5.75 Å². The number of hydrogen-bond donors (Lipinski definition) is 1. The van der Waals surface area contributed by atoms with Gasteiger partial charge in [-0.2, -0.15) is 0 Å². The summed E-state index contributed by atoms with van der Waals surface area (Å²) in [4.78, 5) is 12.1. The third kappa shape index (κ3) is 3.37. The molecule has 1 N–H and O–H groups in total. The highest BCUT2D eigenvalue weighted by Crippen LogP contribution is 2.18. The van der Waals surface area contributed by atoms with Gasteiger partial charge in [0.2, 0.25) is 0 Å². The van der Waals surface area contributed by atoms with E-state index in [0.717, 1.165) is 22.5 Å². The Morgan fingerprint density at radius 2 is 2.08 bits per heavy atom. The van der Waals surface area contributed by atoms with E-state index in [0.29, 0.717) is 5.82 Å². The smallest absolute Gasteiger partial charge is 0.258 e. The molecule has 2 heterocycles. The summed E-state index contributed by atoms with van der Waals surface area (Å²) < 4.78 is 7.46. The molecular formula is C18H20N4O2. The van der Waals surface area contributed by atoms with Gasteiger partial charge in [-0.25, -0.2) is 0 Å². The third-order valence-corrected chi connectivity index (χ3v) is 3.79. The van der Waals surface area contributed by atoms with Crippen LogP contribution in [0.3, 0.4) is 0 Å². The molecule has 1 atom stereocenters. The van der Waals surface area contributed by atoms with Crippen molar-refractivity contribution in [3.05, 3.63) is 59.5 Å². The molecule has 1 amide bonds. The summed E-state index contributed by atoms with van der Waals surface area (Å²) in [5.41, 5.74) is 2.93. The lowest BCUT2D eigenvalue weighted by Crippen LogP contribution is -2.32. The van der Waals surface area contributed by atoms with Gasteiger partial charge in [-0.05, 0) is 44.5 Å². The van der Waals surface area contributed by atoms with Crippen molar-refractivity contribution in [2.45, 2.75) is 26.8 Å². The van der Waals surface area contributed by atoms with E-state index in [2.05, 4.69) is 15.5 Å². The Kier molecular flexibility index (Phi) is 4.46. The molecule has 1 aromatic carbocycles. The summed E-state index contributed by atoms with van der Waals surface area (Å²) >= 11 is 0. The summed E-state index contributed by atoms with van der Waals surface area (Å²) in [6, 6.07) is 11.3. The first-order valence-corrected chi connectivity index (χ1v) is 7.83. The number of carbonyl (C=O) groups excluding carboxylic acids is 1. The molecule has 0 fully saturated rings. The molecule has 0 aliphatic heterocycles. The van der Waals surface area contributed by atoms with E-state index in [1.807, 2.05) is 67.8 Å². The maximum Gasteiger partial charge on any atom is 0.258 e. The van der Waals surface area contributed by atoms with Crippen molar-refractivity contribution < 1.29 is 9.53 Å². The summed E-state index contributed by atoms with van der Waals surface area (Å²) in [5.74, 6) is 1.21. The number of pyridine rings is 1. The molecule has 0 bridgehead atoms. The summed E-state index contributed by atoms with van der Waals surface area (Å²) in [6.45, 7) is 5.82. The topological polar surface area (TPSA) is 68.5 Å². The average Bonchev–Trinajstić information content (AvgIpc) is 2.98. The van der Waals surface area contributed by atoms with Crippen molar-refractivity contribution in [1.82, 2.24) is 19.9 Å². The standard InChI is InChI=1S/C18H20N4O2/c1-12-7-8-15(13(2)10-12)24-11-17(23)19-14(3)18-21-20-16-6-4-5-9-22(16)18/h4-10,14H,11H2,1-3H3,(H,19,23). The fourth-order valence-electron chi connectivity index (χ4n) is 2.61. The van der Waals surface area contributed by atoms with E-state index in [-0.39, 0.29) is 18.6 Å². The maximum absolute atomic E-state index is 12.1. The Morgan fingerprint density at radius 1 is 1.25 bits per heavy atom. The number of nitrogens with zero attached hydrogens (tertiary/aromatic N) is 3. The van der Waals surface area contributed by atoms with Crippen LogP contribution < -0.4 is 10.1 Å². The number of benzene rings is 1. The van der Waals surface area contributed by atoms with Gasteiger partial charge in [-0.3, -0.25) is 9.20 Å². The van der Waals surface area contributed by atoms with Crippen molar-refractivity contribution in [1.29, 1.82) is 0 Å². The van der Waals surface area contributed by atoms with Gasteiger partial charge in [0.15, 0.2) is 18.1 Å². The quantitative estimate of drug-likeness (QED) is 0.783. The molecule has 2 aromatic heterocycles. The van der Waals surface area contributed by atoms with Crippen molar-refractivity contribution in [2.75, 3.05) is 6.61 Å². The number of hydrogen-bond acceptors (Lipinski definition) is 4. The van der Waals surface area contributed by atoms with Gasteiger partial charge >= 0.3 is 0 Å². The molecule has 24 heavy (non-hydrogen) atoms. The van der Waals surface area contributed by atoms with Crippen LogP contribution in [0.1, 0.15) is 29.9 Å². The van der Waals surface area contributed by atoms with Crippen LogP contribution >= 0.6 is 0 Å². The minimum atomic E-state index is -0.266. The summed E-state index contributed by atoms with van der Waals surface area (Å²) in [6.07, 6.45) is 1.87. The van der Waals surface area contributed by atoms with Crippen molar-refractivity contribution in [3.63, 3.8) is 0 Å². The van der Waals surface area contributed by atoms with Gasteiger partial charge in [0.25, 0.3) is 5.91 Å². The van der Waals surface area contributed by atoms with Crippen molar-refractivity contribution in [2.24, 2.45) is 0 Å². The highest BCUT2D eigenvalue weighted by Gasteiger charge is 2.16. The molecule has 6 nitrogen and oxygen atoms in total. The van der Waals surface area contributed by atoms with E-state index in [1.165, 1.54) is 0 Å². The molecule has 1 unspecified atom stereocenters. The second-order valence-electron chi connectivity index (χ2n) is 5.83. The molecule has 124 valence electrons. The first-order chi connectivity index (χ1) is 11.5. The normalized spacial score (nSPS) is 12.1. The number of rotatable bonds is 5. The second-order valence-corrected chi connectivity index (χ2v) is 5.83. The van der Waals surface area contributed by atoms with Crippen LogP contribution in [0, 0.1) is 13.8 Å². The molecule has 0 saturated carbocycles. The van der Waals surface area contributed by atoms with Gasteiger partial charge in [-0.1, -0.05) is 23.8 Å². The van der Waals surface area contributed by atoms with Gasteiger partial charge in [0.1, 0.15) is 5.75 Å². The largest absolute Gasteiger partial charge is 0.484 e. The molecule has 3 rings (SSSR count). The number of ether oxygens (including phenoxy) is 1. The highest BCUT2D eigenvalue weighted by atomic mass is 16.5. The Balaban J connectivity index is 1.62. The minimum absolute atomic E-state index is 0.0367. The van der Waals surface area contributed by atoms with Crippen LogP contribution in [0.4, 0.5) is 0 Å². The number of nitrogens with one attached hydrogen (secondary N) is 1. The van der Waals surface area contributed by atoms with Crippen LogP contribution in [0.15, 0.2) is 42.6 Å². The maximum atomic E-state index is 12.1. The van der Waals surface area contributed by atoms with Gasteiger partial charge < -0.3 is 10.1 Å². The Bertz CT molecular complexity index is 872. The monoisotopic (exact) mass is 324 g/mol. The number of fused-ring (bicyclic) bond motifs is 1. The lowest BCUT2D eigenvalue weighted by Gasteiger charge is -2.14. The van der Waals surface area contributed by atoms with Crippen LogP contribution in [-0.4, -0.2) is 27.1 Å². The van der Waals surface area contributed by atoms with Gasteiger partial charge in [0, 0.05) is 6.20 Å². The average molecular weight is 324 g/mol. The molecule has 0 saturated heterocycles. The Morgan fingerprint density at radius 3 is 2.88 bits per heavy atom. The van der Waals surface area contributed by atoms with E-state index < -0.39 is 0 Å². The lowest BCUT2D eigenvalue weighted by molar-refractivity contribution is -0.123. The summed E-state index contributed by atoms with van der Waals surface area (Å²) in [5, 5.41) is 11.1. The molecule has 6 heteroatoms. The molecular weight excluding hydrogens is 304 g/mol.